The van der Waals surface area contributed by atoms with Crippen molar-refractivity contribution in [1.82, 2.24) is 0 Å². The van der Waals surface area contributed by atoms with Crippen LogP contribution in [-0.2, 0) is 28.6 Å². The maximum Gasteiger partial charge on any atom is 0.306 e. The van der Waals surface area contributed by atoms with Crippen LogP contribution in [0.1, 0.15) is 239 Å². The molecule has 0 fully saturated rings. The standard InChI is InChI=1S/C51H90O6/c1-4-7-10-13-16-19-21-23-25-27-29-32-34-37-40-43-49(52)55-46-48(57-51(54)45-42-39-36-31-18-15-12-9-6-3)47-56-50(53)44-41-38-35-33-30-28-26-24-22-20-17-14-11-8-5-2/h16-17,19-20,23-26,48H,4-15,18,21-22,27-47H2,1-3H3/b19-16-,20-17-,25-23-,26-24-. The van der Waals surface area contributed by atoms with E-state index in [2.05, 4.69) is 69.4 Å². The molecule has 0 saturated carbocycles. The molecule has 0 bridgehead atoms. The second-order valence-corrected chi connectivity index (χ2v) is 16.0. The van der Waals surface area contributed by atoms with Crippen LogP contribution in [-0.4, -0.2) is 37.2 Å². The lowest BCUT2D eigenvalue weighted by Crippen LogP contribution is -2.30. The molecule has 0 aromatic heterocycles. The van der Waals surface area contributed by atoms with Crippen molar-refractivity contribution >= 4 is 17.9 Å². The van der Waals surface area contributed by atoms with Gasteiger partial charge >= 0.3 is 17.9 Å². The van der Waals surface area contributed by atoms with Crippen molar-refractivity contribution in [1.29, 1.82) is 0 Å². The average molecular weight is 799 g/mol. The molecule has 0 saturated heterocycles. The molecule has 6 heteroatoms. The topological polar surface area (TPSA) is 78.9 Å². The van der Waals surface area contributed by atoms with Crippen LogP contribution in [0.5, 0.6) is 0 Å². The number of hydrogen-bond acceptors (Lipinski definition) is 6. The average Bonchev–Trinajstić information content (AvgIpc) is 3.21. The Kier molecular flexibility index (Phi) is 43.9. The van der Waals surface area contributed by atoms with Gasteiger partial charge in [0.05, 0.1) is 0 Å². The molecule has 0 amide bonds. The van der Waals surface area contributed by atoms with Gasteiger partial charge in [0.1, 0.15) is 13.2 Å². The van der Waals surface area contributed by atoms with Crippen molar-refractivity contribution in [3.63, 3.8) is 0 Å². The zero-order valence-electron chi connectivity index (χ0n) is 37.6. The van der Waals surface area contributed by atoms with Crippen LogP contribution < -0.4 is 0 Å². The van der Waals surface area contributed by atoms with Gasteiger partial charge in [-0.3, -0.25) is 14.4 Å². The van der Waals surface area contributed by atoms with Gasteiger partial charge in [-0.2, -0.15) is 0 Å². The predicted molar refractivity (Wildman–Crippen MR) is 242 cm³/mol. The van der Waals surface area contributed by atoms with Gasteiger partial charge < -0.3 is 14.2 Å². The Labute approximate surface area is 352 Å². The van der Waals surface area contributed by atoms with Gasteiger partial charge in [0.2, 0.25) is 0 Å². The molecule has 6 nitrogen and oxygen atoms in total. The molecule has 0 aromatic carbocycles. The van der Waals surface area contributed by atoms with E-state index in [0.717, 1.165) is 96.3 Å². The fourth-order valence-electron chi connectivity index (χ4n) is 6.62. The lowest BCUT2D eigenvalue weighted by molar-refractivity contribution is -0.167. The first-order chi connectivity index (χ1) is 28.0. The van der Waals surface area contributed by atoms with E-state index >= 15 is 0 Å². The van der Waals surface area contributed by atoms with Crippen LogP contribution in [0.3, 0.4) is 0 Å². The van der Waals surface area contributed by atoms with E-state index in [1.807, 2.05) is 0 Å². The first kappa shape index (κ1) is 54.4. The molecule has 0 aliphatic carbocycles. The molecule has 0 heterocycles. The highest BCUT2D eigenvalue weighted by Gasteiger charge is 2.19. The normalized spacial score (nSPS) is 11.9. The van der Waals surface area contributed by atoms with Gasteiger partial charge in [-0.25, -0.2) is 0 Å². The Morgan fingerprint density at radius 2 is 0.632 bits per heavy atom. The SMILES string of the molecule is CCCCC/C=C\C/C=C\CCCCCCCC(=O)OCC(COC(=O)CCCCCCC/C=C\C/C=C\CCCCC)OC(=O)CCCCCCCCCCC. The molecule has 0 atom stereocenters. The molecule has 0 N–H and O–H groups in total. The minimum Gasteiger partial charge on any atom is -0.462 e. The third-order valence-corrected chi connectivity index (χ3v) is 10.3. The molecular weight excluding hydrogens is 709 g/mol. The van der Waals surface area contributed by atoms with Crippen LogP contribution in [0.15, 0.2) is 48.6 Å². The summed E-state index contributed by atoms with van der Waals surface area (Å²) in [5.74, 6) is -0.910. The Balaban J connectivity index is 4.36. The number of esters is 3. The van der Waals surface area contributed by atoms with Gasteiger partial charge in [-0.05, 0) is 83.5 Å². The van der Waals surface area contributed by atoms with Gasteiger partial charge in [-0.15, -0.1) is 0 Å². The monoisotopic (exact) mass is 799 g/mol. The molecule has 0 aromatic rings. The van der Waals surface area contributed by atoms with Crippen molar-refractivity contribution in [3.05, 3.63) is 48.6 Å². The number of allylic oxidation sites excluding steroid dienone is 8. The third kappa shape index (κ3) is 44.3. The first-order valence-corrected chi connectivity index (χ1v) is 24.1. The van der Waals surface area contributed by atoms with E-state index in [9.17, 15) is 14.4 Å². The highest BCUT2D eigenvalue weighted by molar-refractivity contribution is 5.71. The number of carbonyl (C=O) groups is 3. The number of unbranched alkanes of at least 4 members (excludes halogenated alkanes) is 24. The van der Waals surface area contributed by atoms with Crippen molar-refractivity contribution in [2.24, 2.45) is 0 Å². The maximum atomic E-state index is 12.7. The largest absolute Gasteiger partial charge is 0.462 e. The number of hydrogen-bond donors (Lipinski definition) is 0. The summed E-state index contributed by atoms with van der Waals surface area (Å²) in [7, 11) is 0. The van der Waals surface area contributed by atoms with Crippen molar-refractivity contribution in [2.75, 3.05) is 13.2 Å². The fourth-order valence-corrected chi connectivity index (χ4v) is 6.62. The van der Waals surface area contributed by atoms with E-state index in [4.69, 9.17) is 14.2 Å². The smallest absolute Gasteiger partial charge is 0.306 e. The van der Waals surface area contributed by atoms with Crippen LogP contribution in [0.25, 0.3) is 0 Å². The van der Waals surface area contributed by atoms with Crippen LogP contribution in [0, 0.1) is 0 Å². The minimum absolute atomic E-state index is 0.0838. The van der Waals surface area contributed by atoms with Gasteiger partial charge in [0, 0.05) is 19.3 Å². The van der Waals surface area contributed by atoms with E-state index in [0.29, 0.717) is 19.3 Å². The van der Waals surface area contributed by atoms with Crippen molar-refractivity contribution < 1.29 is 28.6 Å². The van der Waals surface area contributed by atoms with E-state index in [1.165, 1.54) is 103 Å². The summed E-state index contributed by atoms with van der Waals surface area (Å²) < 4.78 is 16.7. The van der Waals surface area contributed by atoms with E-state index in [-0.39, 0.29) is 31.1 Å². The lowest BCUT2D eigenvalue weighted by atomic mass is 10.1. The molecule has 0 radical (unpaired) electrons. The second-order valence-electron chi connectivity index (χ2n) is 16.0. The molecule has 0 unspecified atom stereocenters. The Hall–Kier alpha value is -2.63. The zero-order valence-corrected chi connectivity index (χ0v) is 37.6. The third-order valence-electron chi connectivity index (χ3n) is 10.3. The zero-order chi connectivity index (χ0) is 41.5. The Bertz CT molecular complexity index is 949. The quantitative estimate of drug-likeness (QED) is 0.0265. The molecule has 0 rings (SSSR count). The summed E-state index contributed by atoms with van der Waals surface area (Å²) in [6.45, 7) is 6.54. The van der Waals surface area contributed by atoms with Crippen molar-refractivity contribution in [3.8, 4) is 0 Å². The molecular formula is C51H90O6. The van der Waals surface area contributed by atoms with Gasteiger partial charge in [0.25, 0.3) is 0 Å². The Morgan fingerprint density at radius 1 is 0.351 bits per heavy atom. The van der Waals surface area contributed by atoms with Crippen LogP contribution in [0.2, 0.25) is 0 Å². The first-order valence-electron chi connectivity index (χ1n) is 24.1. The summed E-state index contributed by atoms with van der Waals surface area (Å²) in [5.41, 5.74) is 0. The number of ether oxygens (including phenoxy) is 3. The predicted octanol–water partition coefficient (Wildman–Crippen LogP) is 15.5. The molecule has 330 valence electrons. The van der Waals surface area contributed by atoms with E-state index < -0.39 is 6.10 Å². The summed E-state index contributed by atoms with van der Waals surface area (Å²) in [4.78, 5) is 37.8. The Morgan fingerprint density at radius 3 is 1.00 bits per heavy atom. The summed E-state index contributed by atoms with van der Waals surface area (Å²) in [6.07, 6.45) is 53.7. The number of carbonyl (C=O) groups excluding carboxylic acids is 3. The van der Waals surface area contributed by atoms with Crippen molar-refractivity contribution in [2.45, 2.75) is 245 Å². The molecule has 0 aliphatic heterocycles. The van der Waals surface area contributed by atoms with Gasteiger partial charge in [-0.1, -0.05) is 185 Å². The van der Waals surface area contributed by atoms with Crippen LogP contribution >= 0.6 is 0 Å². The summed E-state index contributed by atoms with van der Waals surface area (Å²) >= 11 is 0. The lowest BCUT2D eigenvalue weighted by Gasteiger charge is -2.18. The molecule has 0 aliphatic rings. The fraction of sp³-hybridized carbons (Fsp3) is 0.784. The van der Waals surface area contributed by atoms with Gasteiger partial charge in [0.15, 0.2) is 6.10 Å². The maximum absolute atomic E-state index is 12.7. The minimum atomic E-state index is -0.779. The van der Waals surface area contributed by atoms with Crippen LogP contribution in [0.4, 0.5) is 0 Å². The highest BCUT2D eigenvalue weighted by atomic mass is 16.6. The summed E-state index contributed by atoms with van der Waals surface area (Å²) in [5, 5.41) is 0. The number of rotatable bonds is 43. The summed E-state index contributed by atoms with van der Waals surface area (Å²) in [6, 6.07) is 0. The highest BCUT2D eigenvalue weighted by Crippen LogP contribution is 2.14. The van der Waals surface area contributed by atoms with E-state index in [1.54, 1.807) is 0 Å². The molecule has 57 heavy (non-hydrogen) atoms. The molecule has 0 spiro atoms. The second kappa shape index (κ2) is 46.1.